The van der Waals surface area contributed by atoms with Gasteiger partial charge in [0.05, 0.1) is 36.7 Å². The van der Waals surface area contributed by atoms with Crippen LogP contribution < -0.4 is 19.8 Å². The van der Waals surface area contributed by atoms with Crippen LogP contribution in [0, 0.1) is 0 Å². The summed E-state index contributed by atoms with van der Waals surface area (Å²) in [6.07, 6.45) is -1.06. The van der Waals surface area contributed by atoms with Gasteiger partial charge in [-0.1, -0.05) is 18.2 Å². The van der Waals surface area contributed by atoms with Crippen molar-refractivity contribution < 1.29 is 28.2 Å². The van der Waals surface area contributed by atoms with Crippen molar-refractivity contribution in [2.45, 2.75) is 38.9 Å². The highest BCUT2D eigenvalue weighted by Gasteiger charge is 2.45. The lowest BCUT2D eigenvalue weighted by molar-refractivity contribution is -0.151. The Hall–Kier alpha value is -3.48. The number of carbonyl (C=O) groups excluding carboxylic acids is 1. The molecule has 0 amide bonds. The zero-order chi connectivity index (χ0) is 22.1. The van der Waals surface area contributed by atoms with Crippen molar-refractivity contribution in [2.24, 2.45) is 0 Å². The number of carbonyl (C=O) groups is 1. The highest BCUT2D eigenvalue weighted by Crippen LogP contribution is 2.46. The van der Waals surface area contributed by atoms with Crippen LogP contribution in [0.25, 0.3) is 11.0 Å². The van der Waals surface area contributed by atoms with E-state index in [4.69, 9.17) is 23.4 Å². The van der Waals surface area contributed by atoms with E-state index in [0.717, 1.165) is 0 Å². The van der Waals surface area contributed by atoms with Gasteiger partial charge >= 0.3 is 11.6 Å². The first kappa shape index (κ1) is 20.8. The summed E-state index contributed by atoms with van der Waals surface area (Å²) in [7, 11) is 1.54. The summed E-state index contributed by atoms with van der Waals surface area (Å²) in [5.74, 6) is 0.146. The number of fused-ring (bicyclic) bond motifs is 3. The Morgan fingerprint density at radius 3 is 2.61 bits per heavy atom. The van der Waals surface area contributed by atoms with E-state index < -0.39 is 23.6 Å². The minimum atomic E-state index is -1.02. The minimum Gasteiger partial charge on any atom is -0.493 e. The predicted octanol–water partition coefficient (Wildman–Crippen LogP) is 4.04. The molecule has 1 aliphatic rings. The maximum Gasteiger partial charge on any atom is 0.348 e. The molecule has 0 N–H and O–H groups in total. The standard InChI is InChI=1S/C24H24O7/c1-5-28-24(26)22-19(14-10-11-17(29-13(2)3)18(12-14)27-4)20-21(31-22)15-8-6-7-9-16(15)30-23(20)25/h6-13,19,22H,5H2,1-4H3/t19-,22-/m0/s1. The summed E-state index contributed by atoms with van der Waals surface area (Å²) in [4.78, 5) is 25.7. The maximum atomic E-state index is 12.9. The molecule has 0 saturated carbocycles. The molecule has 1 aromatic heterocycles. The molecule has 0 aliphatic carbocycles. The molecule has 0 spiro atoms. The average molecular weight is 424 g/mol. The molecule has 0 bridgehead atoms. The third-order valence-electron chi connectivity index (χ3n) is 5.09. The van der Waals surface area contributed by atoms with Crippen LogP contribution in [-0.4, -0.2) is 31.9 Å². The van der Waals surface area contributed by atoms with E-state index in [0.29, 0.717) is 33.8 Å². The lowest BCUT2D eigenvalue weighted by Crippen LogP contribution is -2.32. The van der Waals surface area contributed by atoms with E-state index >= 15 is 0 Å². The number of methoxy groups -OCH3 is 1. The molecule has 31 heavy (non-hydrogen) atoms. The predicted molar refractivity (Wildman–Crippen MR) is 114 cm³/mol. The van der Waals surface area contributed by atoms with E-state index in [1.54, 1.807) is 43.3 Å². The third-order valence-corrected chi connectivity index (χ3v) is 5.09. The fraction of sp³-hybridized carbons (Fsp3) is 0.333. The smallest absolute Gasteiger partial charge is 0.348 e. The summed E-state index contributed by atoms with van der Waals surface area (Å²) >= 11 is 0. The zero-order valence-corrected chi connectivity index (χ0v) is 17.8. The topological polar surface area (TPSA) is 84.2 Å². The van der Waals surface area contributed by atoms with Crippen molar-refractivity contribution in [3.8, 4) is 17.2 Å². The fourth-order valence-corrected chi connectivity index (χ4v) is 3.86. The van der Waals surface area contributed by atoms with E-state index in [1.807, 2.05) is 19.9 Å². The molecule has 2 aromatic carbocycles. The molecule has 0 unspecified atom stereocenters. The Balaban J connectivity index is 1.90. The monoisotopic (exact) mass is 424 g/mol. The Morgan fingerprint density at radius 1 is 1.13 bits per heavy atom. The van der Waals surface area contributed by atoms with Crippen LogP contribution in [0.5, 0.6) is 17.2 Å². The van der Waals surface area contributed by atoms with E-state index in [2.05, 4.69) is 0 Å². The van der Waals surface area contributed by atoms with Crippen molar-refractivity contribution in [1.29, 1.82) is 0 Å². The first-order valence-corrected chi connectivity index (χ1v) is 10.2. The molecule has 2 atom stereocenters. The number of ether oxygens (including phenoxy) is 4. The van der Waals surface area contributed by atoms with E-state index in [9.17, 15) is 9.59 Å². The van der Waals surface area contributed by atoms with Gasteiger partial charge < -0.3 is 23.4 Å². The molecule has 2 heterocycles. The molecule has 162 valence electrons. The summed E-state index contributed by atoms with van der Waals surface area (Å²) in [5.41, 5.74) is 0.795. The SMILES string of the molecule is CCOC(=O)[C@H]1Oc2c(c(=O)oc3ccccc23)[C@@H]1c1ccc(OC(C)C)c(OC)c1. The Kier molecular flexibility index (Phi) is 5.59. The number of rotatable bonds is 6. The van der Waals surface area contributed by atoms with Crippen molar-refractivity contribution >= 4 is 16.9 Å². The Bertz CT molecular complexity index is 1180. The normalized spacial score (nSPS) is 17.3. The van der Waals surface area contributed by atoms with Crippen LogP contribution in [0.3, 0.4) is 0 Å². The largest absolute Gasteiger partial charge is 0.493 e. The molecule has 4 rings (SSSR count). The van der Waals surface area contributed by atoms with Gasteiger partial charge in [-0.15, -0.1) is 0 Å². The lowest BCUT2D eigenvalue weighted by Gasteiger charge is -2.20. The zero-order valence-electron chi connectivity index (χ0n) is 17.8. The molecule has 0 radical (unpaired) electrons. The van der Waals surface area contributed by atoms with Gasteiger partial charge in [0.15, 0.2) is 11.5 Å². The molecular weight excluding hydrogens is 400 g/mol. The molecule has 1 aliphatic heterocycles. The average Bonchev–Trinajstić information content (AvgIpc) is 3.16. The van der Waals surface area contributed by atoms with Crippen molar-refractivity contribution in [3.63, 3.8) is 0 Å². The van der Waals surface area contributed by atoms with Gasteiger partial charge in [0, 0.05) is 0 Å². The van der Waals surface area contributed by atoms with Crippen LogP contribution in [0.4, 0.5) is 0 Å². The third kappa shape index (κ3) is 3.71. The molecular formula is C24H24O7. The quantitative estimate of drug-likeness (QED) is 0.436. The van der Waals surface area contributed by atoms with Crippen molar-refractivity contribution in [3.05, 3.63) is 64.0 Å². The number of esters is 1. The minimum absolute atomic E-state index is 0.0408. The Morgan fingerprint density at radius 2 is 1.90 bits per heavy atom. The van der Waals surface area contributed by atoms with Crippen molar-refractivity contribution in [1.82, 2.24) is 0 Å². The first-order valence-electron chi connectivity index (χ1n) is 10.2. The summed E-state index contributed by atoms with van der Waals surface area (Å²) in [6, 6.07) is 12.4. The first-order chi connectivity index (χ1) is 14.9. The molecule has 7 nitrogen and oxygen atoms in total. The van der Waals surface area contributed by atoms with Gasteiger partial charge in [-0.25, -0.2) is 9.59 Å². The van der Waals surface area contributed by atoms with Gasteiger partial charge in [0.25, 0.3) is 0 Å². The summed E-state index contributed by atoms with van der Waals surface area (Å²) in [6.45, 7) is 5.75. The van der Waals surface area contributed by atoms with Crippen molar-refractivity contribution in [2.75, 3.05) is 13.7 Å². The number of hydrogen-bond donors (Lipinski definition) is 0. The highest BCUT2D eigenvalue weighted by atomic mass is 16.6. The van der Waals surface area contributed by atoms with Crippen LogP contribution in [-0.2, 0) is 9.53 Å². The molecule has 7 heteroatoms. The maximum absolute atomic E-state index is 12.9. The molecule has 3 aromatic rings. The van der Waals surface area contributed by atoms with Gasteiger partial charge in [-0.05, 0) is 50.6 Å². The van der Waals surface area contributed by atoms with Gasteiger partial charge in [-0.2, -0.15) is 0 Å². The molecule has 0 saturated heterocycles. The number of hydrogen-bond acceptors (Lipinski definition) is 7. The van der Waals surface area contributed by atoms with Gasteiger partial charge in [0.1, 0.15) is 11.3 Å². The second-order valence-corrected chi connectivity index (χ2v) is 7.47. The summed E-state index contributed by atoms with van der Waals surface area (Å²) in [5, 5.41) is 0.626. The fourth-order valence-electron chi connectivity index (χ4n) is 3.86. The van der Waals surface area contributed by atoms with Crippen LogP contribution in [0.1, 0.15) is 37.8 Å². The Labute approximate surface area is 179 Å². The number of benzene rings is 2. The van der Waals surface area contributed by atoms with Crippen LogP contribution in [0.2, 0.25) is 0 Å². The second-order valence-electron chi connectivity index (χ2n) is 7.47. The second kappa shape index (κ2) is 8.34. The molecule has 0 fully saturated rings. The van der Waals surface area contributed by atoms with E-state index in [1.165, 1.54) is 7.11 Å². The van der Waals surface area contributed by atoms with E-state index in [-0.39, 0.29) is 18.3 Å². The summed E-state index contributed by atoms with van der Waals surface area (Å²) < 4.78 is 28.1. The van der Waals surface area contributed by atoms with Crippen LogP contribution >= 0.6 is 0 Å². The lowest BCUT2D eigenvalue weighted by atomic mass is 9.88. The van der Waals surface area contributed by atoms with Crippen LogP contribution in [0.15, 0.2) is 51.7 Å². The number of para-hydroxylation sites is 1. The van der Waals surface area contributed by atoms with Gasteiger partial charge in [-0.3, -0.25) is 0 Å². The highest BCUT2D eigenvalue weighted by molar-refractivity contribution is 5.88. The van der Waals surface area contributed by atoms with Gasteiger partial charge in [0.2, 0.25) is 6.10 Å².